The van der Waals surface area contributed by atoms with Crippen LogP contribution < -0.4 is 0 Å². The van der Waals surface area contributed by atoms with E-state index >= 15 is 0 Å². The zero-order valence-electron chi connectivity index (χ0n) is 15.7. The zero-order valence-corrected chi connectivity index (χ0v) is 15.7. The second-order valence-corrected chi connectivity index (χ2v) is 6.62. The van der Waals surface area contributed by atoms with Crippen LogP contribution in [0.4, 0.5) is 0 Å². The molecule has 0 saturated heterocycles. The molecular formula is C20H28N2O4. The van der Waals surface area contributed by atoms with Crippen molar-refractivity contribution >= 4 is 22.8 Å². The smallest absolute Gasteiger partial charge is 0.308 e. The van der Waals surface area contributed by atoms with Crippen LogP contribution in [0.2, 0.25) is 0 Å². The fraction of sp³-hybridized carbons (Fsp3) is 0.500. The summed E-state index contributed by atoms with van der Waals surface area (Å²) in [7, 11) is 0. The molecule has 26 heavy (non-hydrogen) atoms. The Balaban J connectivity index is 2.10. The number of hydrogen-bond donors (Lipinski definition) is 2. The summed E-state index contributed by atoms with van der Waals surface area (Å²) in [6.07, 6.45) is 2.82. The number of aliphatic carboxylic acids is 1. The number of para-hydroxylation sites is 1. The molecule has 0 bridgehead atoms. The van der Waals surface area contributed by atoms with Gasteiger partial charge in [-0.1, -0.05) is 25.1 Å². The largest absolute Gasteiger partial charge is 0.481 e. The van der Waals surface area contributed by atoms with Crippen LogP contribution >= 0.6 is 0 Å². The molecule has 1 amide bonds. The quantitative estimate of drug-likeness (QED) is 0.638. The van der Waals surface area contributed by atoms with Crippen LogP contribution in [-0.2, 0) is 20.7 Å². The lowest BCUT2D eigenvalue weighted by Gasteiger charge is -2.24. The molecule has 0 aliphatic heterocycles. The third kappa shape index (κ3) is 5.08. The van der Waals surface area contributed by atoms with E-state index in [0.29, 0.717) is 26.2 Å². The summed E-state index contributed by atoms with van der Waals surface area (Å²) in [5.74, 6) is -1.55. The van der Waals surface area contributed by atoms with Crippen molar-refractivity contribution in [1.29, 1.82) is 0 Å². The maximum atomic E-state index is 12.8. The molecule has 1 unspecified atom stereocenters. The molecule has 0 aliphatic rings. The molecule has 0 spiro atoms. The van der Waals surface area contributed by atoms with Gasteiger partial charge in [0.2, 0.25) is 5.91 Å². The van der Waals surface area contributed by atoms with Crippen molar-refractivity contribution in [2.24, 2.45) is 5.92 Å². The summed E-state index contributed by atoms with van der Waals surface area (Å²) >= 11 is 0. The van der Waals surface area contributed by atoms with Gasteiger partial charge in [0.15, 0.2) is 0 Å². The topological polar surface area (TPSA) is 82.6 Å². The Kier molecular flexibility index (Phi) is 7.21. The second kappa shape index (κ2) is 9.38. The number of aromatic amines is 1. The number of hydrogen-bond acceptors (Lipinski definition) is 3. The van der Waals surface area contributed by atoms with Crippen molar-refractivity contribution in [2.75, 3.05) is 26.3 Å². The first-order valence-corrected chi connectivity index (χ1v) is 9.08. The Morgan fingerprint density at radius 3 is 2.81 bits per heavy atom. The fourth-order valence-corrected chi connectivity index (χ4v) is 3.01. The molecule has 1 aromatic carbocycles. The van der Waals surface area contributed by atoms with Gasteiger partial charge in [0.05, 0.1) is 12.3 Å². The van der Waals surface area contributed by atoms with Crippen LogP contribution in [0.1, 0.15) is 31.4 Å². The Labute approximate surface area is 154 Å². The number of carboxylic acid groups (broad SMARTS) is 1. The molecule has 0 aliphatic carbocycles. The number of ether oxygens (including phenoxy) is 1. The van der Waals surface area contributed by atoms with Crippen molar-refractivity contribution < 1.29 is 19.4 Å². The van der Waals surface area contributed by atoms with Crippen LogP contribution in [0.3, 0.4) is 0 Å². The minimum absolute atomic E-state index is 0.0583. The van der Waals surface area contributed by atoms with Crippen molar-refractivity contribution in [2.45, 2.75) is 33.6 Å². The molecule has 1 atom stereocenters. The molecule has 0 radical (unpaired) electrons. The van der Waals surface area contributed by atoms with E-state index in [-0.39, 0.29) is 18.9 Å². The van der Waals surface area contributed by atoms with E-state index in [0.717, 1.165) is 22.0 Å². The number of benzene rings is 1. The number of fused-ring (bicyclic) bond motifs is 1. The number of H-pyrrole nitrogens is 1. The molecule has 1 heterocycles. The molecule has 2 aromatic rings. The van der Waals surface area contributed by atoms with Crippen molar-refractivity contribution in [1.82, 2.24) is 9.88 Å². The highest BCUT2D eigenvalue weighted by Gasteiger charge is 2.21. The first-order chi connectivity index (χ1) is 12.4. The molecule has 0 fully saturated rings. The lowest BCUT2D eigenvalue weighted by atomic mass is 10.1. The fourth-order valence-electron chi connectivity index (χ4n) is 3.01. The Hall–Kier alpha value is -2.34. The summed E-state index contributed by atoms with van der Waals surface area (Å²) in [6.45, 7) is 7.48. The minimum atomic E-state index is -0.893. The summed E-state index contributed by atoms with van der Waals surface area (Å²) in [5, 5.41) is 10.2. The van der Waals surface area contributed by atoms with Crippen molar-refractivity contribution in [3.05, 3.63) is 35.5 Å². The van der Waals surface area contributed by atoms with Gasteiger partial charge in [-0.15, -0.1) is 0 Å². The van der Waals surface area contributed by atoms with E-state index < -0.39 is 11.9 Å². The lowest BCUT2D eigenvalue weighted by molar-refractivity contribution is -0.143. The van der Waals surface area contributed by atoms with Crippen LogP contribution in [0.5, 0.6) is 0 Å². The average Bonchev–Trinajstić information content (AvgIpc) is 3.01. The average molecular weight is 360 g/mol. The van der Waals surface area contributed by atoms with Crippen LogP contribution in [0, 0.1) is 12.8 Å². The number of nitrogens with zero attached hydrogens (tertiary/aromatic N) is 1. The number of aromatic nitrogens is 1. The SMILES string of the molecule is CCOCCCN(CC(C)C(=O)O)C(=O)Cc1c[nH]c2c(C)cccc12. The van der Waals surface area contributed by atoms with E-state index in [9.17, 15) is 14.7 Å². The number of carbonyl (C=O) groups excluding carboxylic acids is 1. The number of nitrogens with one attached hydrogen (secondary N) is 1. The maximum Gasteiger partial charge on any atom is 0.308 e. The van der Waals surface area contributed by atoms with Gasteiger partial charge >= 0.3 is 5.97 Å². The van der Waals surface area contributed by atoms with Gasteiger partial charge in [-0.25, -0.2) is 0 Å². The third-order valence-corrected chi connectivity index (χ3v) is 4.54. The maximum absolute atomic E-state index is 12.8. The predicted molar refractivity (Wildman–Crippen MR) is 101 cm³/mol. The molecule has 0 saturated carbocycles. The monoisotopic (exact) mass is 360 g/mol. The number of carbonyl (C=O) groups is 2. The van der Waals surface area contributed by atoms with Crippen molar-refractivity contribution in [3.63, 3.8) is 0 Å². The van der Waals surface area contributed by atoms with E-state index in [2.05, 4.69) is 4.98 Å². The standard InChI is InChI=1S/C20H28N2O4/c1-4-26-10-6-9-22(13-15(3)20(24)25)18(23)11-16-12-21-19-14(2)7-5-8-17(16)19/h5,7-8,12,15,21H,4,6,9-11,13H2,1-3H3,(H,24,25). The van der Waals surface area contributed by atoms with Gasteiger partial charge in [-0.2, -0.15) is 0 Å². The van der Waals surface area contributed by atoms with Gasteiger partial charge in [0, 0.05) is 43.4 Å². The van der Waals surface area contributed by atoms with Crippen molar-refractivity contribution in [3.8, 4) is 0 Å². The molecule has 142 valence electrons. The summed E-state index contributed by atoms with van der Waals surface area (Å²) in [6, 6.07) is 6.01. The molecule has 6 heteroatoms. The molecular weight excluding hydrogens is 332 g/mol. The Morgan fingerprint density at radius 2 is 2.12 bits per heavy atom. The summed E-state index contributed by atoms with van der Waals surface area (Å²) in [4.78, 5) is 28.9. The van der Waals surface area contributed by atoms with Crippen LogP contribution in [0.25, 0.3) is 10.9 Å². The first-order valence-electron chi connectivity index (χ1n) is 9.08. The minimum Gasteiger partial charge on any atom is -0.481 e. The highest BCUT2D eigenvalue weighted by molar-refractivity contribution is 5.90. The highest BCUT2D eigenvalue weighted by Crippen LogP contribution is 2.22. The molecule has 2 rings (SSSR count). The number of carboxylic acids is 1. The van der Waals surface area contributed by atoms with Gasteiger partial charge in [0.25, 0.3) is 0 Å². The lowest BCUT2D eigenvalue weighted by Crippen LogP contribution is -2.38. The Morgan fingerprint density at radius 1 is 1.35 bits per heavy atom. The van der Waals surface area contributed by atoms with E-state index in [1.807, 2.05) is 38.2 Å². The summed E-state index contributed by atoms with van der Waals surface area (Å²) in [5.41, 5.74) is 3.11. The van der Waals surface area contributed by atoms with Crippen LogP contribution in [-0.4, -0.2) is 53.2 Å². The highest BCUT2D eigenvalue weighted by atomic mass is 16.5. The number of rotatable bonds is 10. The van der Waals surface area contributed by atoms with E-state index in [1.165, 1.54) is 0 Å². The predicted octanol–water partition coefficient (Wildman–Crippen LogP) is 2.99. The van der Waals surface area contributed by atoms with E-state index in [4.69, 9.17) is 4.74 Å². The molecule has 2 N–H and O–H groups in total. The molecule has 1 aromatic heterocycles. The van der Waals surface area contributed by atoms with Gasteiger partial charge in [-0.05, 0) is 31.4 Å². The van der Waals surface area contributed by atoms with Gasteiger partial charge in [-0.3, -0.25) is 9.59 Å². The second-order valence-electron chi connectivity index (χ2n) is 6.62. The summed E-state index contributed by atoms with van der Waals surface area (Å²) < 4.78 is 5.33. The Bertz CT molecular complexity index is 753. The number of amides is 1. The zero-order chi connectivity index (χ0) is 19.1. The van der Waals surface area contributed by atoms with Gasteiger partial charge < -0.3 is 19.7 Å². The molecule has 6 nitrogen and oxygen atoms in total. The normalized spacial score (nSPS) is 12.3. The first kappa shape index (κ1) is 20.0. The third-order valence-electron chi connectivity index (χ3n) is 4.54. The van der Waals surface area contributed by atoms with Gasteiger partial charge in [0.1, 0.15) is 0 Å². The number of aryl methyl sites for hydroxylation is 1. The van der Waals surface area contributed by atoms with E-state index in [1.54, 1.807) is 11.8 Å². The van der Waals surface area contributed by atoms with Crippen LogP contribution in [0.15, 0.2) is 24.4 Å².